The maximum absolute atomic E-state index is 10.1. The number of hydrogen-bond donors (Lipinski definition) is 2. The molecule has 0 amide bonds. The van der Waals surface area contributed by atoms with Gasteiger partial charge < -0.3 is 24.4 Å². The Labute approximate surface area is 111 Å². The number of aliphatic hydroxyl groups is 2. The maximum atomic E-state index is 10.1. The van der Waals surface area contributed by atoms with Gasteiger partial charge in [0.2, 0.25) is 0 Å². The van der Waals surface area contributed by atoms with Crippen LogP contribution in [0.15, 0.2) is 30.3 Å². The van der Waals surface area contributed by atoms with E-state index < -0.39 is 30.7 Å². The minimum Gasteiger partial charge on any atom is -0.388 e. The molecule has 2 N–H and O–H groups in total. The van der Waals surface area contributed by atoms with E-state index in [1.54, 1.807) is 6.92 Å². The first-order valence-electron chi connectivity index (χ1n) is 6.50. The third kappa shape index (κ3) is 2.40. The molecule has 0 bridgehead atoms. The summed E-state index contributed by atoms with van der Waals surface area (Å²) in [6, 6.07) is 9.52. The Balaban J connectivity index is 1.75. The Kier molecular flexibility index (Phi) is 3.56. The molecule has 2 heterocycles. The molecule has 5 nitrogen and oxygen atoms in total. The summed E-state index contributed by atoms with van der Waals surface area (Å²) in [5.74, 6) is 0. The minimum absolute atomic E-state index is 0.339. The number of rotatable bonds is 1. The molecule has 0 spiro atoms. The second-order valence-corrected chi connectivity index (χ2v) is 5.04. The summed E-state index contributed by atoms with van der Waals surface area (Å²) in [6.45, 7) is 2.08. The van der Waals surface area contributed by atoms with Crippen molar-refractivity contribution < 1.29 is 24.4 Å². The zero-order valence-electron chi connectivity index (χ0n) is 10.7. The predicted octanol–water partition coefficient (Wildman–Crippen LogP) is 0.610. The average Bonchev–Trinajstić information content (AvgIpc) is 2.46. The van der Waals surface area contributed by atoms with Gasteiger partial charge in [-0.05, 0) is 6.92 Å². The molecular formula is C14H18O5. The first kappa shape index (κ1) is 13.0. The van der Waals surface area contributed by atoms with E-state index in [0.717, 1.165) is 5.56 Å². The van der Waals surface area contributed by atoms with Crippen LogP contribution in [-0.4, -0.2) is 47.3 Å². The van der Waals surface area contributed by atoms with Crippen molar-refractivity contribution >= 4 is 0 Å². The van der Waals surface area contributed by atoms with Crippen LogP contribution in [0, 0.1) is 0 Å². The van der Waals surface area contributed by atoms with Gasteiger partial charge in [0.05, 0.1) is 12.7 Å². The van der Waals surface area contributed by atoms with Crippen molar-refractivity contribution in [2.75, 3.05) is 6.61 Å². The Hall–Kier alpha value is -0.980. The summed E-state index contributed by atoms with van der Waals surface area (Å²) < 4.78 is 17.0. The molecule has 1 aromatic rings. The van der Waals surface area contributed by atoms with Gasteiger partial charge in [-0.2, -0.15) is 0 Å². The molecular weight excluding hydrogens is 248 g/mol. The van der Waals surface area contributed by atoms with E-state index in [-0.39, 0.29) is 6.10 Å². The fourth-order valence-electron chi connectivity index (χ4n) is 2.58. The van der Waals surface area contributed by atoms with Crippen LogP contribution in [-0.2, 0) is 14.2 Å². The van der Waals surface area contributed by atoms with E-state index in [0.29, 0.717) is 6.61 Å². The van der Waals surface area contributed by atoms with E-state index in [9.17, 15) is 10.2 Å². The molecule has 0 unspecified atom stereocenters. The smallest absolute Gasteiger partial charge is 0.184 e. The Morgan fingerprint density at radius 3 is 2.53 bits per heavy atom. The van der Waals surface area contributed by atoms with Gasteiger partial charge in [-0.15, -0.1) is 0 Å². The van der Waals surface area contributed by atoms with Crippen LogP contribution in [0.25, 0.3) is 0 Å². The Morgan fingerprint density at radius 1 is 1.05 bits per heavy atom. The first-order valence-corrected chi connectivity index (χ1v) is 6.50. The number of ether oxygens (including phenoxy) is 3. The van der Waals surface area contributed by atoms with Crippen LogP contribution >= 0.6 is 0 Å². The summed E-state index contributed by atoms with van der Waals surface area (Å²) in [5.41, 5.74) is 0.890. The molecule has 2 fully saturated rings. The molecule has 104 valence electrons. The lowest BCUT2D eigenvalue weighted by Gasteiger charge is -2.45. The largest absolute Gasteiger partial charge is 0.388 e. The molecule has 3 rings (SSSR count). The molecule has 0 aliphatic carbocycles. The highest BCUT2D eigenvalue weighted by Crippen LogP contribution is 2.33. The van der Waals surface area contributed by atoms with E-state index in [1.165, 1.54) is 0 Å². The van der Waals surface area contributed by atoms with Gasteiger partial charge in [-0.1, -0.05) is 30.3 Å². The number of fused-ring (bicyclic) bond motifs is 1. The third-order valence-corrected chi connectivity index (χ3v) is 3.69. The normalized spacial score (nSPS) is 42.7. The topological polar surface area (TPSA) is 68.2 Å². The third-order valence-electron chi connectivity index (χ3n) is 3.69. The zero-order chi connectivity index (χ0) is 13.4. The maximum Gasteiger partial charge on any atom is 0.184 e. The molecule has 19 heavy (non-hydrogen) atoms. The van der Waals surface area contributed by atoms with Crippen molar-refractivity contribution in [3.8, 4) is 0 Å². The molecule has 5 heteroatoms. The lowest BCUT2D eigenvalue weighted by Crippen LogP contribution is -2.60. The van der Waals surface area contributed by atoms with Crippen LogP contribution in [0.3, 0.4) is 0 Å². The summed E-state index contributed by atoms with van der Waals surface area (Å²) in [5, 5.41) is 19.9. The van der Waals surface area contributed by atoms with E-state index in [1.807, 2.05) is 30.3 Å². The molecule has 2 aliphatic rings. The minimum atomic E-state index is -0.955. The molecule has 0 radical (unpaired) electrons. The number of benzene rings is 1. The lowest BCUT2D eigenvalue weighted by atomic mass is 9.95. The van der Waals surface area contributed by atoms with E-state index in [2.05, 4.69) is 0 Å². The second-order valence-electron chi connectivity index (χ2n) is 5.04. The Bertz CT molecular complexity index is 421. The van der Waals surface area contributed by atoms with Crippen LogP contribution < -0.4 is 0 Å². The van der Waals surface area contributed by atoms with Gasteiger partial charge in [-0.3, -0.25) is 0 Å². The van der Waals surface area contributed by atoms with Gasteiger partial charge in [0.15, 0.2) is 6.29 Å². The highest BCUT2D eigenvalue weighted by molar-refractivity contribution is 5.16. The molecule has 0 aromatic heterocycles. The highest BCUT2D eigenvalue weighted by Gasteiger charge is 2.47. The summed E-state index contributed by atoms with van der Waals surface area (Å²) in [7, 11) is 0. The SMILES string of the molecule is C[C@@H]1O[C@@H]2CO[C@@H](c3ccccc3)O[C@H]2[C@H](O)[C@H]1O. The van der Waals surface area contributed by atoms with E-state index in [4.69, 9.17) is 14.2 Å². The van der Waals surface area contributed by atoms with Crippen molar-refractivity contribution in [1.82, 2.24) is 0 Å². The quantitative estimate of drug-likeness (QED) is 0.779. The Morgan fingerprint density at radius 2 is 1.79 bits per heavy atom. The summed E-state index contributed by atoms with van der Waals surface area (Å²) >= 11 is 0. The van der Waals surface area contributed by atoms with Crippen LogP contribution in [0.2, 0.25) is 0 Å². The van der Waals surface area contributed by atoms with Crippen LogP contribution in [0.1, 0.15) is 18.8 Å². The van der Waals surface area contributed by atoms with Gasteiger partial charge in [0, 0.05) is 5.56 Å². The molecule has 2 aliphatic heterocycles. The first-order chi connectivity index (χ1) is 9.16. The van der Waals surface area contributed by atoms with Crippen LogP contribution in [0.5, 0.6) is 0 Å². The number of hydrogen-bond acceptors (Lipinski definition) is 5. The summed E-state index contributed by atoms with van der Waals surface area (Å²) in [6.07, 6.45) is -3.74. The highest BCUT2D eigenvalue weighted by atomic mass is 16.7. The zero-order valence-corrected chi connectivity index (χ0v) is 10.7. The van der Waals surface area contributed by atoms with Gasteiger partial charge >= 0.3 is 0 Å². The van der Waals surface area contributed by atoms with Crippen molar-refractivity contribution in [3.05, 3.63) is 35.9 Å². The van der Waals surface area contributed by atoms with Crippen LogP contribution in [0.4, 0.5) is 0 Å². The standard InChI is InChI=1S/C14H18O5/c1-8-11(15)12(16)13-10(18-8)7-17-14(19-13)9-5-3-2-4-6-9/h2-6,8,10-16H,7H2,1H3/t8-,10+,11-,12+,13+,14+/m0/s1. The second kappa shape index (κ2) is 5.19. The number of aliphatic hydroxyl groups excluding tert-OH is 2. The van der Waals surface area contributed by atoms with E-state index >= 15 is 0 Å². The molecule has 1 aromatic carbocycles. The predicted molar refractivity (Wildman–Crippen MR) is 66.4 cm³/mol. The van der Waals surface area contributed by atoms with Crippen molar-refractivity contribution in [1.29, 1.82) is 0 Å². The summed E-state index contributed by atoms with van der Waals surface area (Å²) in [4.78, 5) is 0. The van der Waals surface area contributed by atoms with Gasteiger partial charge in [0.25, 0.3) is 0 Å². The van der Waals surface area contributed by atoms with Crippen molar-refractivity contribution in [2.45, 2.75) is 43.7 Å². The average molecular weight is 266 g/mol. The molecule has 6 atom stereocenters. The van der Waals surface area contributed by atoms with Crippen molar-refractivity contribution in [2.24, 2.45) is 0 Å². The van der Waals surface area contributed by atoms with Gasteiger partial charge in [-0.25, -0.2) is 0 Å². The monoisotopic (exact) mass is 266 g/mol. The fourth-order valence-corrected chi connectivity index (χ4v) is 2.58. The molecule has 0 saturated carbocycles. The fraction of sp³-hybridized carbons (Fsp3) is 0.571. The van der Waals surface area contributed by atoms with Crippen molar-refractivity contribution in [3.63, 3.8) is 0 Å². The van der Waals surface area contributed by atoms with Gasteiger partial charge in [0.1, 0.15) is 24.4 Å². The lowest BCUT2D eigenvalue weighted by molar-refractivity contribution is -0.326. The molecule has 2 saturated heterocycles.